The van der Waals surface area contributed by atoms with Crippen molar-refractivity contribution < 1.29 is 9.00 Å². The summed E-state index contributed by atoms with van der Waals surface area (Å²) in [6.45, 7) is 0. The van der Waals surface area contributed by atoms with Crippen LogP contribution in [0.25, 0.3) is 0 Å². The van der Waals surface area contributed by atoms with E-state index in [2.05, 4.69) is 0 Å². The third-order valence-corrected chi connectivity index (χ3v) is 4.05. The molecule has 1 N–H and O–H groups in total. The Morgan fingerprint density at radius 3 is 2.77 bits per heavy atom. The largest absolute Gasteiger partial charge is 0.331 e. The molecule has 1 heterocycles. The average molecular weight is 200 g/mol. The van der Waals surface area contributed by atoms with Crippen LogP contribution in [0.2, 0.25) is 0 Å². The standard InChI is InChI=1S/C8H12N2O2S/c1-3-8(11)10(2)7-4-5-13(9,12)6-7/h1,7,9H,4-6H2,2H3. The molecule has 72 valence electrons. The van der Waals surface area contributed by atoms with Crippen LogP contribution in [0.5, 0.6) is 0 Å². The molecule has 0 aromatic carbocycles. The minimum absolute atomic E-state index is 0.117. The molecule has 0 aliphatic carbocycles. The Bertz CT molecular complexity index is 353. The van der Waals surface area contributed by atoms with Gasteiger partial charge < -0.3 is 4.90 Å². The van der Waals surface area contributed by atoms with Gasteiger partial charge in [0, 0.05) is 28.6 Å². The number of amides is 1. The van der Waals surface area contributed by atoms with Crippen molar-refractivity contribution in [3.63, 3.8) is 0 Å². The second-order valence-corrected chi connectivity index (χ2v) is 5.55. The third kappa shape index (κ3) is 2.22. The van der Waals surface area contributed by atoms with Gasteiger partial charge in [0.05, 0.1) is 5.75 Å². The number of hydrogen-bond acceptors (Lipinski definition) is 3. The quantitative estimate of drug-likeness (QED) is 0.601. The van der Waals surface area contributed by atoms with Gasteiger partial charge in [-0.25, -0.2) is 4.21 Å². The zero-order valence-corrected chi connectivity index (χ0v) is 8.26. The summed E-state index contributed by atoms with van der Waals surface area (Å²) >= 11 is 0. The van der Waals surface area contributed by atoms with Crippen molar-refractivity contribution in [2.75, 3.05) is 18.6 Å². The van der Waals surface area contributed by atoms with Crippen LogP contribution >= 0.6 is 0 Å². The highest BCUT2D eigenvalue weighted by Gasteiger charge is 2.29. The van der Waals surface area contributed by atoms with Gasteiger partial charge in [0.25, 0.3) is 5.91 Å². The number of rotatable bonds is 1. The van der Waals surface area contributed by atoms with Crippen molar-refractivity contribution in [3.05, 3.63) is 0 Å². The van der Waals surface area contributed by atoms with Crippen LogP contribution in [-0.4, -0.2) is 39.6 Å². The van der Waals surface area contributed by atoms with Crippen LogP contribution in [0.15, 0.2) is 0 Å². The van der Waals surface area contributed by atoms with E-state index in [9.17, 15) is 9.00 Å². The second-order valence-electron chi connectivity index (χ2n) is 3.19. The number of carbonyl (C=O) groups is 1. The molecule has 0 saturated carbocycles. The van der Waals surface area contributed by atoms with Crippen molar-refractivity contribution in [3.8, 4) is 12.3 Å². The summed E-state index contributed by atoms with van der Waals surface area (Å²) in [6.07, 6.45) is 5.57. The summed E-state index contributed by atoms with van der Waals surface area (Å²) in [5.41, 5.74) is 0. The lowest BCUT2D eigenvalue weighted by Gasteiger charge is -2.20. The Morgan fingerprint density at radius 2 is 2.38 bits per heavy atom. The first kappa shape index (κ1) is 10.1. The smallest absolute Gasteiger partial charge is 0.298 e. The summed E-state index contributed by atoms with van der Waals surface area (Å²) in [6, 6.07) is -0.117. The highest BCUT2D eigenvalue weighted by Crippen LogP contribution is 2.16. The topological polar surface area (TPSA) is 61.2 Å². The van der Waals surface area contributed by atoms with Crippen molar-refractivity contribution in [2.45, 2.75) is 12.5 Å². The van der Waals surface area contributed by atoms with Crippen molar-refractivity contribution >= 4 is 15.6 Å². The minimum Gasteiger partial charge on any atom is -0.331 e. The first-order chi connectivity index (χ1) is 5.96. The van der Waals surface area contributed by atoms with E-state index in [1.54, 1.807) is 7.05 Å². The van der Waals surface area contributed by atoms with E-state index < -0.39 is 15.6 Å². The molecular formula is C8H12N2O2S. The van der Waals surface area contributed by atoms with Gasteiger partial charge in [-0.2, -0.15) is 0 Å². The van der Waals surface area contributed by atoms with Crippen LogP contribution in [0, 0.1) is 17.1 Å². The maximum absolute atomic E-state index is 11.3. The lowest BCUT2D eigenvalue weighted by molar-refractivity contribution is -0.125. The van der Waals surface area contributed by atoms with Crippen molar-refractivity contribution in [1.29, 1.82) is 4.78 Å². The number of nitrogens with one attached hydrogen (secondary N) is 1. The van der Waals surface area contributed by atoms with E-state index in [1.165, 1.54) is 4.90 Å². The molecule has 4 nitrogen and oxygen atoms in total. The Balaban J connectivity index is 2.68. The van der Waals surface area contributed by atoms with Gasteiger partial charge in [0.2, 0.25) is 0 Å². The zero-order chi connectivity index (χ0) is 10.1. The van der Waals surface area contributed by atoms with Gasteiger partial charge in [0.15, 0.2) is 0 Å². The molecule has 1 rings (SSSR count). The predicted molar refractivity (Wildman–Crippen MR) is 50.6 cm³/mol. The zero-order valence-electron chi connectivity index (χ0n) is 7.45. The van der Waals surface area contributed by atoms with E-state index in [-0.39, 0.29) is 11.8 Å². The summed E-state index contributed by atoms with van der Waals surface area (Å²) in [7, 11) is -0.854. The third-order valence-electron chi connectivity index (χ3n) is 2.23. The van der Waals surface area contributed by atoms with Crippen molar-refractivity contribution in [1.82, 2.24) is 4.90 Å². The van der Waals surface area contributed by atoms with Gasteiger partial charge in [-0.05, 0) is 12.3 Å². The maximum atomic E-state index is 11.3. The molecule has 0 aromatic heterocycles. The maximum Gasteiger partial charge on any atom is 0.298 e. The van der Waals surface area contributed by atoms with Gasteiger partial charge in [-0.3, -0.25) is 9.57 Å². The molecule has 2 atom stereocenters. The molecule has 2 unspecified atom stereocenters. The highest BCUT2D eigenvalue weighted by atomic mass is 32.2. The molecule has 0 radical (unpaired) electrons. The lowest BCUT2D eigenvalue weighted by atomic mass is 10.2. The minimum atomic E-state index is -2.44. The molecule has 1 fully saturated rings. The normalized spacial score (nSPS) is 32.5. The molecule has 0 aromatic rings. The van der Waals surface area contributed by atoms with Gasteiger partial charge >= 0.3 is 0 Å². The number of hydrogen-bond donors (Lipinski definition) is 1. The lowest BCUT2D eigenvalue weighted by Crippen LogP contribution is -2.36. The first-order valence-corrected chi connectivity index (χ1v) is 5.83. The van der Waals surface area contributed by atoms with Crippen LogP contribution in [0.3, 0.4) is 0 Å². The first-order valence-electron chi connectivity index (χ1n) is 3.94. The van der Waals surface area contributed by atoms with E-state index in [0.717, 1.165) is 0 Å². The molecule has 1 saturated heterocycles. The van der Waals surface area contributed by atoms with Crippen LogP contribution < -0.4 is 0 Å². The second kappa shape index (κ2) is 3.38. The van der Waals surface area contributed by atoms with Crippen LogP contribution in [0.1, 0.15) is 6.42 Å². The van der Waals surface area contributed by atoms with Crippen LogP contribution in [0.4, 0.5) is 0 Å². The summed E-state index contributed by atoms with van der Waals surface area (Å²) in [4.78, 5) is 12.4. The van der Waals surface area contributed by atoms with E-state index in [0.29, 0.717) is 12.2 Å². The SMILES string of the molecule is C#CC(=O)N(C)C1CCS(=N)(=O)C1. The average Bonchev–Trinajstić information content (AvgIpc) is 2.43. The molecule has 5 heteroatoms. The molecule has 1 aliphatic heterocycles. The van der Waals surface area contributed by atoms with Crippen molar-refractivity contribution in [2.24, 2.45) is 0 Å². The molecule has 1 aliphatic rings. The Hall–Kier alpha value is -1.02. The fourth-order valence-electron chi connectivity index (χ4n) is 1.38. The predicted octanol–water partition coefficient (Wildman–Crippen LogP) is -0.103. The highest BCUT2D eigenvalue weighted by molar-refractivity contribution is 7.92. The Morgan fingerprint density at radius 1 is 1.77 bits per heavy atom. The van der Waals surface area contributed by atoms with Crippen LogP contribution in [-0.2, 0) is 14.5 Å². The van der Waals surface area contributed by atoms with E-state index >= 15 is 0 Å². The number of nitrogens with zero attached hydrogens (tertiary/aromatic N) is 1. The molecule has 0 spiro atoms. The van der Waals surface area contributed by atoms with Gasteiger partial charge in [0.1, 0.15) is 0 Å². The fraction of sp³-hybridized carbons (Fsp3) is 0.625. The summed E-state index contributed by atoms with van der Waals surface area (Å²) in [5, 5.41) is 0. The molecule has 0 bridgehead atoms. The molecule has 13 heavy (non-hydrogen) atoms. The number of carbonyl (C=O) groups excluding carboxylic acids is 1. The van der Waals surface area contributed by atoms with Gasteiger partial charge in [-0.15, -0.1) is 6.42 Å². The molecule has 1 amide bonds. The summed E-state index contributed by atoms with van der Waals surface area (Å²) < 4.78 is 18.6. The van der Waals surface area contributed by atoms with E-state index in [4.69, 9.17) is 11.2 Å². The van der Waals surface area contributed by atoms with E-state index in [1.807, 2.05) is 5.92 Å². The summed E-state index contributed by atoms with van der Waals surface area (Å²) in [5.74, 6) is 2.24. The van der Waals surface area contributed by atoms with Gasteiger partial charge in [-0.1, -0.05) is 0 Å². The molecular weight excluding hydrogens is 188 g/mol. The Labute approximate surface area is 78.3 Å². The number of terminal acetylenes is 1. The monoisotopic (exact) mass is 200 g/mol. The Kier molecular flexibility index (Phi) is 2.62. The fourth-order valence-corrected chi connectivity index (χ4v) is 3.21.